The second-order valence-electron chi connectivity index (χ2n) is 15.7. The van der Waals surface area contributed by atoms with E-state index in [1.54, 1.807) is 0 Å². The molecule has 0 spiro atoms. The maximum atomic E-state index is 2.26. The molecule has 0 unspecified atom stereocenters. The first-order valence-electron chi connectivity index (χ1n) is 22.8. The lowest BCUT2D eigenvalue weighted by atomic mass is 10.0. The minimum Gasteiger partial charge on any atom is -0.0654 e. The molecule has 0 nitrogen and oxygen atoms in total. The van der Waals surface area contributed by atoms with Crippen LogP contribution in [-0.2, 0) is 6.42 Å². The number of aryl methyl sites for hydroxylation is 9. The summed E-state index contributed by atoms with van der Waals surface area (Å²) in [5.74, 6) is 0. The Morgan fingerprint density at radius 2 is 0.397 bits per heavy atom. The third kappa shape index (κ3) is 36.2. The van der Waals surface area contributed by atoms with E-state index < -0.39 is 0 Å². The van der Waals surface area contributed by atoms with E-state index in [1.165, 1.54) is 88.6 Å². The lowest BCUT2D eigenvalue weighted by Gasteiger charge is -2.01. The maximum Gasteiger partial charge on any atom is -0.0279 e. The third-order valence-corrected chi connectivity index (χ3v) is 9.27. The van der Waals surface area contributed by atoms with Crippen molar-refractivity contribution in [3.05, 3.63) is 287 Å². The van der Waals surface area contributed by atoms with E-state index in [-0.39, 0.29) is 0 Å². The summed E-state index contributed by atoms with van der Waals surface area (Å²) in [7, 11) is 0. The molecule has 0 saturated heterocycles. The predicted molar refractivity (Wildman–Crippen MR) is 282 cm³/mol. The molecule has 0 amide bonds. The van der Waals surface area contributed by atoms with Gasteiger partial charge in [0.2, 0.25) is 0 Å². The molecule has 0 heterocycles. The smallest absolute Gasteiger partial charge is 0.0279 e. The van der Waals surface area contributed by atoms with Gasteiger partial charge in [0, 0.05) is 0 Å². The summed E-state index contributed by atoms with van der Waals surface area (Å²) in [5.41, 5.74) is 12.1. The summed E-state index contributed by atoms with van der Waals surface area (Å²) in [6.07, 6.45) is 8.13. The minimum atomic E-state index is 1.25. The van der Waals surface area contributed by atoms with Crippen molar-refractivity contribution in [3.63, 3.8) is 0 Å². The molecule has 0 radical (unpaired) electrons. The van der Waals surface area contributed by atoms with Gasteiger partial charge in [0.25, 0.3) is 0 Å². The van der Waals surface area contributed by atoms with Crippen molar-refractivity contribution in [2.24, 2.45) is 0 Å². The van der Waals surface area contributed by atoms with Crippen LogP contribution in [-0.4, -0.2) is 0 Å². The Labute approximate surface area is 385 Å². The highest BCUT2D eigenvalue weighted by atomic mass is 14.0. The zero-order valence-corrected chi connectivity index (χ0v) is 40.3. The van der Waals surface area contributed by atoms with E-state index in [0.717, 1.165) is 0 Å². The molecule has 0 aromatic heterocycles. The molecular weight excluding hydrogens is 757 g/mol. The number of rotatable bonds is 6. The largest absolute Gasteiger partial charge is 0.0654 e. The predicted octanol–water partition coefficient (Wildman–Crippen LogP) is 18.5. The molecule has 0 aliphatic rings. The van der Waals surface area contributed by atoms with Crippen LogP contribution in [0.2, 0.25) is 0 Å². The Balaban J connectivity index is 0.000000366. The van der Waals surface area contributed by atoms with Crippen molar-refractivity contribution in [1.82, 2.24) is 0 Å². The van der Waals surface area contributed by atoms with Crippen LogP contribution in [0, 0.1) is 55.4 Å². The molecule has 330 valence electrons. The third-order valence-electron chi connectivity index (χ3n) is 9.27. The molecule has 0 aliphatic carbocycles. The van der Waals surface area contributed by atoms with Crippen molar-refractivity contribution in [2.45, 2.75) is 101 Å². The molecule has 8 aromatic carbocycles. The van der Waals surface area contributed by atoms with E-state index >= 15 is 0 Å². The van der Waals surface area contributed by atoms with E-state index in [2.05, 4.69) is 172 Å². The van der Waals surface area contributed by atoms with Gasteiger partial charge in [0.15, 0.2) is 0 Å². The van der Waals surface area contributed by atoms with Gasteiger partial charge in [-0.05, 0) is 73.8 Å². The van der Waals surface area contributed by atoms with Crippen LogP contribution >= 0.6 is 0 Å². The molecule has 0 saturated carbocycles. The van der Waals surface area contributed by atoms with Crippen LogP contribution in [0.4, 0.5) is 0 Å². The van der Waals surface area contributed by atoms with Gasteiger partial charge in [-0.15, -0.1) is 0 Å². The van der Waals surface area contributed by atoms with Crippen molar-refractivity contribution in [3.8, 4) is 0 Å². The van der Waals surface area contributed by atoms with Crippen molar-refractivity contribution in [2.75, 3.05) is 0 Å². The topological polar surface area (TPSA) is 0 Å². The van der Waals surface area contributed by atoms with Gasteiger partial charge in [-0.3, -0.25) is 0 Å². The van der Waals surface area contributed by atoms with Gasteiger partial charge in [-0.25, -0.2) is 0 Å². The first-order chi connectivity index (χ1) is 30.6. The van der Waals surface area contributed by atoms with Gasteiger partial charge in [0.1, 0.15) is 0 Å². The molecule has 63 heavy (non-hydrogen) atoms. The summed E-state index contributed by atoms with van der Waals surface area (Å²) < 4.78 is 0. The van der Waals surface area contributed by atoms with E-state index in [1.807, 2.05) is 127 Å². The van der Waals surface area contributed by atoms with Crippen LogP contribution in [0.15, 0.2) is 237 Å². The summed E-state index contributed by atoms with van der Waals surface area (Å²) in [5, 5.41) is 0. The molecule has 0 N–H and O–H groups in total. The molecule has 8 aromatic rings. The second-order valence-corrected chi connectivity index (χ2v) is 15.7. The molecule has 0 fully saturated rings. The average Bonchev–Trinajstić information content (AvgIpc) is 3.30. The highest BCUT2D eigenvalue weighted by molar-refractivity contribution is 5.21. The van der Waals surface area contributed by atoms with Gasteiger partial charge >= 0.3 is 0 Å². The Hall–Kier alpha value is -6.24. The van der Waals surface area contributed by atoms with Gasteiger partial charge in [-0.2, -0.15) is 0 Å². The molecule has 0 atom stereocenters. The number of benzene rings is 8. The van der Waals surface area contributed by atoms with Gasteiger partial charge in [-0.1, -0.05) is 314 Å². The lowest BCUT2D eigenvalue weighted by molar-refractivity contribution is 0.632. The maximum absolute atomic E-state index is 2.26. The van der Waals surface area contributed by atoms with Gasteiger partial charge < -0.3 is 0 Å². The zero-order chi connectivity index (χ0) is 46.0. The number of unbranched alkanes of at least 4 members (excludes halogenated alkanes) is 4. The average molecular weight is 835 g/mol. The Bertz CT molecular complexity index is 1720. The van der Waals surface area contributed by atoms with E-state index in [9.17, 15) is 0 Å². The Morgan fingerprint density at radius 1 is 0.206 bits per heavy atom. The quantitative estimate of drug-likeness (QED) is 0.146. The number of hydrogen-bond acceptors (Lipinski definition) is 0. The highest BCUT2D eigenvalue weighted by Crippen LogP contribution is 2.10. The van der Waals surface area contributed by atoms with E-state index in [0.29, 0.717) is 0 Å². The molecule has 0 bridgehead atoms. The van der Waals surface area contributed by atoms with Crippen molar-refractivity contribution >= 4 is 0 Å². The van der Waals surface area contributed by atoms with Crippen LogP contribution in [0.1, 0.15) is 89.1 Å². The normalized spacial score (nSPS) is 9.10. The van der Waals surface area contributed by atoms with E-state index in [4.69, 9.17) is 0 Å². The SMILES string of the molecule is CCCCCCCc1ccc(C)cc1.Cc1ccccc1.Cc1ccccc1.Cc1ccccc1.Cc1ccccc1.Cc1ccccc1.Cc1ccccc1.Cc1ccccc1. The fraction of sp³-hybridized carbons (Fsp3) is 0.238. The van der Waals surface area contributed by atoms with Crippen LogP contribution in [0.25, 0.3) is 0 Å². The summed E-state index contributed by atoms with van der Waals surface area (Å²) in [4.78, 5) is 0. The molecule has 8 rings (SSSR count). The second kappa shape index (κ2) is 38.7. The summed E-state index contributed by atoms with van der Waals surface area (Å²) >= 11 is 0. The van der Waals surface area contributed by atoms with Crippen LogP contribution < -0.4 is 0 Å². The van der Waals surface area contributed by atoms with Gasteiger partial charge in [0.05, 0.1) is 0 Å². The lowest BCUT2D eigenvalue weighted by Crippen LogP contribution is -1.86. The minimum absolute atomic E-state index is 1.25. The van der Waals surface area contributed by atoms with Crippen LogP contribution in [0.5, 0.6) is 0 Å². The fourth-order valence-electron chi connectivity index (χ4n) is 5.43. The van der Waals surface area contributed by atoms with Crippen molar-refractivity contribution < 1.29 is 0 Å². The highest BCUT2D eigenvalue weighted by Gasteiger charge is 1.93. The zero-order valence-electron chi connectivity index (χ0n) is 40.3. The summed E-state index contributed by atoms with van der Waals surface area (Å²) in [6.45, 7) is 19.0. The monoisotopic (exact) mass is 835 g/mol. The molecule has 0 heteroatoms. The first-order valence-corrected chi connectivity index (χ1v) is 22.8. The molecular formula is C63H78. The Morgan fingerprint density at radius 3 is 0.571 bits per heavy atom. The van der Waals surface area contributed by atoms with Crippen LogP contribution in [0.3, 0.4) is 0 Å². The fourth-order valence-corrected chi connectivity index (χ4v) is 5.43. The first kappa shape index (κ1) is 54.8. The van der Waals surface area contributed by atoms with Crippen molar-refractivity contribution in [1.29, 1.82) is 0 Å². The Kier molecular flexibility index (Phi) is 33.6. The standard InChI is InChI=1S/C14H22.7C7H8/c1-3-4-5-6-7-8-14-11-9-13(2)10-12-14;7*1-7-5-3-2-4-6-7/h9-12H,3-8H2,1-2H3;7*2-6H,1H3. The molecule has 0 aliphatic heterocycles. The number of hydrogen-bond donors (Lipinski definition) is 0. The summed E-state index contributed by atoms with van der Waals surface area (Å²) in [6, 6.07) is 80.8.